The summed E-state index contributed by atoms with van der Waals surface area (Å²) in [5, 5.41) is 6.34. The second-order valence-electron chi connectivity index (χ2n) is 6.69. The van der Waals surface area contributed by atoms with Gasteiger partial charge in [0.2, 0.25) is 0 Å². The standard InChI is InChI=1S/C15H27F3N4O4S.HI/c1-19-13(20-11-14(25-2)5-9-26-10-6-14)21-12-3-7-22(8-4-12)27(23,24)15(16,17)18;/h12H,3-11H2,1-2H3,(H2,19,20,21);1H. The van der Waals surface area contributed by atoms with E-state index >= 15 is 0 Å². The van der Waals surface area contributed by atoms with Crippen molar-refractivity contribution in [2.24, 2.45) is 4.99 Å². The predicted molar refractivity (Wildman–Crippen MR) is 109 cm³/mol. The fraction of sp³-hybridized carbons (Fsp3) is 0.933. The smallest absolute Gasteiger partial charge is 0.381 e. The number of ether oxygens (including phenoxy) is 2. The molecule has 2 fully saturated rings. The molecule has 2 heterocycles. The summed E-state index contributed by atoms with van der Waals surface area (Å²) in [4.78, 5) is 4.13. The first-order valence-electron chi connectivity index (χ1n) is 8.80. The van der Waals surface area contributed by atoms with Crippen molar-refractivity contribution in [3.63, 3.8) is 0 Å². The minimum atomic E-state index is -5.26. The summed E-state index contributed by atoms with van der Waals surface area (Å²) >= 11 is 0. The van der Waals surface area contributed by atoms with E-state index in [9.17, 15) is 21.6 Å². The van der Waals surface area contributed by atoms with Gasteiger partial charge in [0.05, 0.1) is 5.60 Å². The number of guanidine groups is 1. The zero-order valence-corrected chi connectivity index (χ0v) is 19.1. The second-order valence-corrected chi connectivity index (χ2v) is 8.62. The lowest BCUT2D eigenvalue weighted by Crippen LogP contribution is -2.54. The number of methoxy groups -OCH3 is 1. The van der Waals surface area contributed by atoms with Gasteiger partial charge in [0.25, 0.3) is 0 Å². The third-order valence-electron chi connectivity index (χ3n) is 5.07. The maximum atomic E-state index is 12.6. The highest BCUT2D eigenvalue weighted by Crippen LogP contribution is 2.29. The molecule has 0 amide bonds. The van der Waals surface area contributed by atoms with Crippen LogP contribution < -0.4 is 10.6 Å². The molecule has 0 aromatic rings. The molecule has 2 rings (SSSR count). The summed E-state index contributed by atoms with van der Waals surface area (Å²) in [5.74, 6) is 0.509. The van der Waals surface area contributed by atoms with E-state index < -0.39 is 15.5 Å². The summed E-state index contributed by atoms with van der Waals surface area (Å²) < 4.78 is 72.3. The molecule has 0 bridgehead atoms. The molecule has 0 atom stereocenters. The van der Waals surface area contributed by atoms with Crippen molar-refractivity contribution in [3.05, 3.63) is 0 Å². The number of sulfonamides is 1. The van der Waals surface area contributed by atoms with Gasteiger partial charge in [-0.2, -0.15) is 17.5 Å². The van der Waals surface area contributed by atoms with E-state index in [1.54, 1.807) is 14.2 Å². The van der Waals surface area contributed by atoms with Crippen LogP contribution >= 0.6 is 24.0 Å². The minimum absolute atomic E-state index is 0. The Bertz CT molecular complexity index is 619. The first kappa shape index (κ1) is 25.7. The topological polar surface area (TPSA) is 92.3 Å². The summed E-state index contributed by atoms with van der Waals surface area (Å²) in [7, 11) is -2.01. The SMILES string of the molecule is CN=C(NCC1(OC)CCOCC1)NC1CCN(S(=O)(=O)C(F)(F)F)CC1.I. The van der Waals surface area contributed by atoms with Gasteiger partial charge in [-0.15, -0.1) is 24.0 Å². The Balaban J connectivity index is 0.00000392. The van der Waals surface area contributed by atoms with Crippen LogP contribution in [0.2, 0.25) is 0 Å². The van der Waals surface area contributed by atoms with Crippen molar-refractivity contribution < 1.29 is 31.1 Å². The zero-order chi connectivity index (χ0) is 20.1. The van der Waals surface area contributed by atoms with E-state index in [4.69, 9.17) is 9.47 Å². The van der Waals surface area contributed by atoms with Gasteiger partial charge < -0.3 is 20.1 Å². The molecule has 0 aromatic heterocycles. The van der Waals surface area contributed by atoms with Gasteiger partial charge in [0.1, 0.15) is 0 Å². The largest absolute Gasteiger partial charge is 0.511 e. The molecule has 13 heteroatoms. The van der Waals surface area contributed by atoms with E-state index in [0.717, 1.165) is 12.8 Å². The molecule has 8 nitrogen and oxygen atoms in total. The number of hydrogen-bond donors (Lipinski definition) is 2. The monoisotopic (exact) mass is 544 g/mol. The fourth-order valence-corrected chi connectivity index (χ4v) is 4.20. The maximum absolute atomic E-state index is 12.6. The first-order chi connectivity index (χ1) is 12.6. The van der Waals surface area contributed by atoms with Crippen molar-refractivity contribution in [2.45, 2.75) is 42.8 Å². The van der Waals surface area contributed by atoms with Crippen molar-refractivity contribution in [1.82, 2.24) is 14.9 Å². The molecule has 0 aliphatic carbocycles. The van der Waals surface area contributed by atoms with E-state index in [0.29, 0.717) is 30.0 Å². The molecule has 0 saturated carbocycles. The van der Waals surface area contributed by atoms with Crippen molar-refractivity contribution in [3.8, 4) is 0 Å². The molecule has 28 heavy (non-hydrogen) atoms. The lowest BCUT2D eigenvalue weighted by Gasteiger charge is -2.37. The lowest BCUT2D eigenvalue weighted by molar-refractivity contribution is -0.0855. The van der Waals surface area contributed by atoms with Crippen molar-refractivity contribution in [2.75, 3.05) is 47.0 Å². The lowest BCUT2D eigenvalue weighted by atomic mass is 9.94. The van der Waals surface area contributed by atoms with Crippen LogP contribution in [0.4, 0.5) is 13.2 Å². The molecule has 0 unspecified atom stereocenters. The number of piperidine rings is 1. The Morgan fingerprint density at radius 1 is 1.29 bits per heavy atom. The summed E-state index contributed by atoms with van der Waals surface area (Å²) in [6.07, 6.45) is 2.03. The molecule has 2 aliphatic rings. The van der Waals surface area contributed by atoms with Gasteiger partial charge in [0.15, 0.2) is 5.96 Å². The van der Waals surface area contributed by atoms with Gasteiger partial charge in [-0.1, -0.05) is 0 Å². The summed E-state index contributed by atoms with van der Waals surface area (Å²) in [6.45, 7) is 1.39. The predicted octanol–water partition coefficient (Wildman–Crippen LogP) is 1.28. The number of nitrogens with one attached hydrogen (secondary N) is 2. The van der Waals surface area contributed by atoms with Gasteiger partial charge in [-0.05, 0) is 12.8 Å². The normalized spacial score (nSPS) is 22.4. The minimum Gasteiger partial charge on any atom is -0.381 e. The average molecular weight is 544 g/mol. The van der Waals surface area contributed by atoms with E-state index in [1.807, 2.05) is 0 Å². The number of rotatable bonds is 5. The summed E-state index contributed by atoms with van der Waals surface area (Å²) in [6, 6.07) is -0.163. The van der Waals surface area contributed by atoms with E-state index in [-0.39, 0.29) is 61.6 Å². The molecule has 166 valence electrons. The number of halogens is 4. The molecule has 0 radical (unpaired) electrons. The molecule has 0 aromatic carbocycles. The van der Waals surface area contributed by atoms with Crippen LogP contribution in [0.5, 0.6) is 0 Å². The Morgan fingerprint density at radius 3 is 2.32 bits per heavy atom. The van der Waals surface area contributed by atoms with Crippen molar-refractivity contribution in [1.29, 1.82) is 0 Å². The van der Waals surface area contributed by atoms with Gasteiger partial charge in [0, 0.05) is 65.9 Å². The quantitative estimate of drug-likeness (QED) is 0.308. The van der Waals surface area contributed by atoms with Crippen LogP contribution in [0.3, 0.4) is 0 Å². The second kappa shape index (κ2) is 10.6. The van der Waals surface area contributed by atoms with E-state index in [2.05, 4.69) is 15.6 Å². The Kier molecular flexibility index (Phi) is 9.70. The van der Waals surface area contributed by atoms with Gasteiger partial charge in [-0.25, -0.2) is 8.42 Å². The highest BCUT2D eigenvalue weighted by atomic mass is 127. The summed E-state index contributed by atoms with van der Waals surface area (Å²) in [5.41, 5.74) is -5.61. The number of hydrogen-bond acceptors (Lipinski definition) is 5. The third-order valence-corrected chi connectivity index (χ3v) is 6.70. The highest BCUT2D eigenvalue weighted by Gasteiger charge is 2.50. The highest BCUT2D eigenvalue weighted by molar-refractivity contribution is 14.0. The number of aliphatic imine (C=N–C) groups is 1. The van der Waals surface area contributed by atoms with Crippen molar-refractivity contribution >= 4 is 40.0 Å². The van der Waals surface area contributed by atoms with Crippen LogP contribution in [0.1, 0.15) is 25.7 Å². The Morgan fingerprint density at radius 2 is 1.86 bits per heavy atom. The van der Waals surface area contributed by atoms with Gasteiger partial charge >= 0.3 is 15.5 Å². The number of alkyl halides is 3. The van der Waals surface area contributed by atoms with Gasteiger partial charge in [-0.3, -0.25) is 4.99 Å². The third kappa shape index (κ3) is 6.31. The van der Waals surface area contributed by atoms with Crippen LogP contribution in [-0.4, -0.2) is 82.8 Å². The number of nitrogens with zero attached hydrogens (tertiary/aromatic N) is 2. The van der Waals surface area contributed by atoms with Crippen LogP contribution in [0.15, 0.2) is 4.99 Å². The van der Waals surface area contributed by atoms with Crippen LogP contribution in [0, 0.1) is 0 Å². The van der Waals surface area contributed by atoms with Crippen LogP contribution in [-0.2, 0) is 19.5 Å². The Labute approximate surface area is 180 Å². The molecule has 2 saturated heterocycles. The zero-order valence-electron chi connectivity index (χ0n) is 15.9. The molecule has 2 aliphatic heterocycles. The maximum Gasteiger partial charge on any atom is 0.511 e. The molecular weight excluding hydrogens is 516 g/mol. The molecule has 0 spiro atoms. The fourth-order valence-electron chi connectivity index (χ4n) is 3.22. The van der Waals surface area contributed by atoms with E-state index in [1.165, 1.54) is 0 Å². The first-order valence-corrected chi connectivity index (χ1v) is 10.2. The van der Waals surface area contributed by atoms with Crippen LogP contribution in [0.25, 0.3) is 0 Å². The molecule has 2 N–H and O–H groups in total. The average Bonchev–Trinajstić information content (AvgIpc) is 2.65. The molecular formula is C15H28F3IN4O4S. The Hall–Kier alpha value is -0.380.